The maximum absolute atomic E-state index is 2.45. The summed E-state index contributed by atoms with van der Waals surface area (Å²) in [5, 5.41) is 0. The van der Waals surface area contributed by atoms with Crippen molar-refractivity contribution in [3.05, 3.63) is 293 Å². The standard InChI is InChI=1S/C62H41N/c1-3-18-45(19-4-1)63(46-20-5-2-6-21-46)47-40-38-43(39-41-47)42-34-36-44(37-35-42)48-26-17-33-59-60(48)62(55-29-13-9-24-51(55)52-25-10-14-30-56(52)62)58-32-16-15-31-57(58)61(59)53-27-11-7-22-49(53)50-23-8-12-28-54(50)61/h1-41H. The Balaban J connectivity index is 1.03. The lowest BCUT2D eigenvalue weighted by atomic mass is 9.51. The molecular formula is C62H41N. The molecule has 0 aliphatic heterocycles. The number of rotatable bonds is 5. The van der Waals surface area contributed by atoms with Crippen molar-refractivity contribution in [3.8, 4) is 44.5 Å². The highest BCUT2D eigenvalue weighted by Gasteiger charge is 2.59. The van der Waals surface area contributed by atoms with Gasteiger partial charge in [-0.2, -0.15) is 0 Å². The molecule has 0 amide bonds. The lowest BCUT2D eigenvalue weighted by Crippen LogP contribution is -2.44. The van der Waals surface area contributed by atoms with Crippen LogP contribution < -0.4 is 4.90 Å². The molecule has 0 saturated carbocycles. The third-order valence-corrected chi connectivity index (χ3v) is 14.2. The van der Waals surface area contributed by atoms with Gasteiger partial charge in [0.15, 0.2) is 0 Å². The second kappa shape index (κ2) is 13.8. The molecule has 0 atom stereocenters. The maximum atomic E-state index is 2.45. The normalized spacial score (nSPS) is 14.0. The molecule has 2 spiro atoms. The van der Waals surface area contributed by atoms with Gasteiger partial charge in [-0.15, -0.1) is 0 Å². The number of fused-ring (bicyclic) bond motifs is 16. The second-order valence-corrected chi connectivity index (χ2v) is 17.1. The van der Waals surface area contributed by atoms with Crippen molar-refractivity contribution in [2.75, 3.05) is 4.90 Å². The summed E-state index contributed by atoms with van der Waals surface area (Å²) in [4.78, 5) is 2.31. The van der Waals surface area contributed by atoms with Crippen molar-refractivity contribution in [2.24, 2.45) is 0 Å². The zero-order valence-electron chi connectivity index (χ0n) is 34.6. The summed E-state index contributed by atoms with van der Waals surface area (Å²) in [5.41, 5.74) is 23.2. The van der Waals surface area contributed by atoms with E-state index >= 15 is 0 Å². The summed E-state index contributed by atoms with van der Waals surface area (Å²) >= 11 is 0. The second-order valence-electron chi connectivity index (χ2n) is 17.1. The van der Waals surface area contributed by atoms with E-state index in [1.807, 2.05) is 0 Å². The third kappa shape index (κ3) is 4.88. The van der Waals surface area contributed by atoms with E-state index in [-0.39, 0.29) is 0 Å². The van der Waals surface area contributed by atoms with Crippen LogP contribution in [0.1, 0.15) is 44.5 Å². The lowest BCUT2D eigenvalue weighted by Gasteiger charge is -2.49. The van der Waals surface area contributed by atoms with Crippen LogP contribution in [-0.2, 0) is 10.8 Å². The van der Waals surface area contributed by atoms with Gasteiger partial charge in [0.25, 0.3) is 0 Å². The van der Waals surface area contributed by atoms with E-state index in [0.717, 1.165) is 17.1 Å². The molecule has 0 radical (unpaired) electrons. The van der Waals surface area contributed by atoms with Crippen LogP contribution in [0.5, 0.6) is 0 Å². The Morgan fingerprint density at radius 1 is 0.206 bits per heavy atom. The van der Waals surface area contributed by atoms with Gasteiger partial charge >= 0.3 is 0 Å². The molecule has 13 rings (SSSR count). The molecule has 10 aromatic rings. The fourth-order valence-corrected chi connectivity index (χ4v) is 11.8. The molecule has 63 heavy (non-hydrogen) atoms. The third-order valence-electron chi connectivity index (χ3n) is 14.2. The molecular weight excluding hydrogens is 759 g/mol. The van der Waals surface area contributed by atoms with Crippen LogP contribution in [0.2, 0.25) is 0 Å². The van der Waals surface area contributed by atoms with Gasteiger partial charge in [0.2, 0.25) is 0 Å². The number of hydrogen-bond acceptors (Lipinski definition) is 1. The predicted molar refractivity (Wildman–Crippen MR) is 260 cm³/mol. The number of hydrogen-bond donors (Lipinski definition) is 0. The van der Waals surface area contributed by atoms with Crippen molar-refractivity contribution in [1.29, 1.82) is 0 Å². The molecule has 10 aromatic carbocycles. The first-order valence-electron chi connectivity index (χ1n) is 22.0. The fourth-order valence-electron chi connectivity index (χ4n) is 11.8. The number of para-hydroxylation sites is 2. The van der Waals surface area contributed by atoms with Crippen LogP contribution in [-0.4, -0.2) is 0 Å². The molecule has 0 saturated heterocycles. The Hall–Kier alpha value is -8.00. The Kier molecular flexibility index (Phi) is 7.80. The van der Waals surface area contributed by atoms with E-state index < -0.39 is 10.8 Å². The minimum atomic E-state index is -0.550. The summed E-state index contributed by atoms with van der Waals surface area (Å²) < 4.78 is 0. The van der Waals surface area contributed by atoms with E-state index in [9.17, 15) is 0 Å². The molecule has 294 valence electrons. The fraction of sp³-hybridized carbons (Fsp3) is 0.0323. The van der Waals surface area contributed by atoms with Gasteiger partial charge in [0, 0.05) is 17.1 Å². The Bertz CT molecular complexity index is 3250. The largest absolute Gasteiger partial charge is 0.311 e. The van der Waals surface area contributed by atoms with Crippen molar-refractivity contribution < 1.29 is 0 Å². The first-order valence-corrected chi connectivity index (χ1v) is 22.0. The molecule has 0 heterocycles. The molecule has 1 nitrogen and oxygen atoms in total. The van der Waals surface area contributed by atoms with Gasteiger partial charge in [0.1, 0.15) is 0 Å². The average Bonchev–Trinajstić information content (AvgIpc) is 3.83. The predicted octanol–water partition coefficient (Wildman–Crippen LogP) is 15.5. The summed E-state index contributed by atoms with van der Waals surface area (Å²) in [5.74, 6) is 0. The van der Waals surface area contributed by atoms with Crippen molar-refractivity contribution in [3.63, 3.8) is 0 Å². The number of benzene rings is 10. The summed E-state index contributed by atoms with van der Waals surface area (Å²) in [6.07, 6.45) is 0. The minimum absolute atomic E-state index is 0.512. The highest BCUT2D eigenvalue weighted by molar-refractivity contribution is 5.96. The van der Waals surface area contributed by atoms with Crippen LogP contribution in [0.4, 0.5) is 17.1 Å². The van der Waals surface area contributed by atoms with Crippen LogP contribution >= 0.6 is 0 Å². The smallest absolute Gasteiger partial charge is 0.0725 e. The molecule has 0 bridgehead atoms. The molecule has 3 aliphatic rings. The van der Waals surface area contributed by atoms with Crippen LogP contribution in [0.25, 0.3) is 44.5 Å². The van der Waals surface area contributed by atoms with Gasteiger partial charge in [-0.05, 0) is 125 Å². The van der Waals surface area contributed by atoms with Gasteiger partial charge in [0.05, 0.1) is 10.8 Å². The zero-order valence-corrected chi connectivity index (χ0v) is 34.6. The van der Waals surface area contributed by atoms with Crippen molar-refractivity contribution in [2.45, 2.75) is 10.8 Å². The van der Waals surface area contributed by atoms with E-state index in [1.165, 1.54) is 89.0 Å². The van der Waals surface area contributed by atoms with E-state index in [0.29, 0.717) is 0 Å². The summed E-state index contributed by atoms with van der Waals surface area (Å²) in [7, 11) is 0. The van der Waals surface area contributed by atoms with Crippen molar-refractivity contribution in [1.82, 2.24) is 0 Å². The highest BCUT2D eigenvalue weighted by Crippen LogP contribution is 2.68. The monoisotopic (exact) mass is 799 g/mol. The number of anilines is 3. The lowest BCUT2D eigenvalue weighted by molar-refractivity contribution is 0.634. The quantitative estimate of drug-likeness (QED) is 0.168. The van der Waals surface area contributed by atoms with Crippen LogP contribution in [0.15, 0.2) is 249 Å². The molecule has 0 aromatic heterocycles. The van der Waals surface area contributed by atoms with Gasteiger partial charge < -0.3 is 4.90 Å². The van der Waals surface area contributed by atoms with Crippen LogP contribution in [0, 0.1) is 0 Å². The van der Waals surface area contributed by atoms with Gasteiger partial charge in [-0.3, -0.25) is 0 Å². The highest BCUT2D eigenvalue weighted by atomic mass is 15.1. The SMILES string of the molecule is c1ccc(N(c2ccccc2)c2ccc(-c3ccc(-c4cccc5c4C4(c6ccccc6-c6ccccc64)c4ccccc4C54c5ccccc5-c5ccccc54)cc3)cc2)cc1. The zero-order chi connectivity index (χ0) is 41.5. The van der Waals surface area contributed by atoms with Gasteiger partial charge in [-0.25, -0.2) is 0 Å². The molecule has 0 unspecified atom stereocenters. The minimum Gasteiger partial charge on any atom is -0.311 e. The first-order chi connectivity index (χ1) is 31.3. The molecule has 1 heteroatoms. The Morgan fingerprint density at radius 2 is 0.524 bits per heavy atom. The molecule has 0 N–H and O–H groups in total. The maximum Gasteiger partial charge on any atom is 0.0725 e. The topological polar surface area (TPSA) is 3.24 Å². The average molecular weight is 800 g/mol. The van der Waals surface area contributed by atoms with Crippen molar-refractivity contribution >= 4 is 17.1 Å². The van der Waals surface area contributed by atoms with E-state index in [1.54, 1.807) is 0 Å². The molecule has 0 fully saturated rings. The first kappa shape index (κ1) is 35.7. The van der Waals surface area contributed by atoms with Crippen LogP contribution in [0.3, 0.4) is 0 Å². The summed E-state index contributed by atoms with van der Waals surface area (Å²) in [6, 6.07) is 92.6. The Labute approximate surface area is 368 Å². The summed E-state index contributed by atoms with van der Waals surface area (Å²) in [6.45, 7) is 0. The van der Waals surface area contributed by atoms with E-state index in [4.69, 9.17) is 0 Å². The van der Waals surface area contributed by atoms with Gasteiger partial charge in [-0.1, -0.05) is 212 Å². The number of nitrogens with zero attached hydrogens (tertiary/aromatic N) is 1. The molecule has 3 aliphatic carbocycles. The Morgan fingerprint density at radius 3 is 1.00 bits per heavy atom. The van der Waals surface area contributed by atoms with E-state index in [2.05, 4.69) is 254 Å².